The second kappa shape index (κ2) is 6.64. The van der Waals surface area contributed by atoms with Crippen molar-refractivity contribution in [3.63, 3.8) is 0 Å². The lowest BCUT2D eigenvalue weighted by Gasteiger charge is -2.05. The minimum Gasteiger partial charge on any atom is -0.458 e. The molecule has 2 aromatic heterocycles. The van der Waals surface area contributed by atoms with E-state index in [1.54, 1.807) is 18.2 Å². The maximum atomic E-state index is 13.7. The normalized spacial score (nSPS) is 10.7. The van der Waals surface area contributed by atoms with Crippen molar-refractivity contribution in [2.45, 2.75) is 13.5 Å². The van der Waals surface area contributed by atoms with E-state index in [2.05, 4.69) is 26.2 Å². The van der Waals surface area contributed by atoms with E-state index in [9.17, 15) is 9.18 Å². The Morgan fingerprint density at radius 1 is 1.39 bits per heavy atom. The van der Waals surface area contributed by atoms with Gasteiger partial charge >= 0.3 is 0 Å². The van der Waals surface area contributed by atoms with Crippen LogP contribution in [-0.2, 0) is 6.54 Å². The quantitative estimate of drug-likeness (QED) is 0.706. The van der Waals surface area contributed by atoms with Gasteiger partial charge in [-0.2, -0.15) is 0 Å². The molecule has 0 aliphatic carbocycles. The Balaban J connectivity index is 1.68. The number of aromatic nitrogens is 1. The fourth-order valence-electron chi connectivity index (χ4n) is 2.02. The van der Waals surface area contributed by atoms with E-state index >= 15 is 0 Å². The van der Waals surface area contributed by atoms with E-state index in [-0.39, 0.29) is 12.1 Å². The molecule has 3 rings (SSSR count). The molecule has 0 atom stereocenters. The number of nitrogens with zero attached hydrogens (tertiary/aromatic N) is 1. The summed E-state index contributed by atoms with van der Waals surface area (Å²) in [5, 5.41) is 5.51. The molecular weight excluding hydrogens is 383 g/mol. The molecule has 4 nitrogen and oxygen atoms in total. The number of nitrogens with one attached hydrogen (secondary N) is 1. The third-order valence-electron chi connectivity index (χ3n) is 3.13. The average molecular weight is 395 g/mol. The third kappa shape index (κ3) is 3.68. The van der Waals surface area contributed by atoms with Gasteiger partial charge < -0.3 is 9.73 Å². The van der Waals surface area contributed by atoms with E-state index in [1.807, 2.05) is 12.3 Å². The molecule has 1 aromatic carbocycles. The molecule has 0 aliphatic rings. The van der Waals surface area contributed by atoms with Crippen LogP contribution in [0.15, 0.2) is 44.6 Å². The van der Waals surface area contributed by atoms with Gasteiger partial charge in [0.1, 0.15) is 17.3 Å². The van der Waals surface area contributed by atoms with Gasteiger partial charge in [0.15, 0.2) is 5.76 Å². The van der Waals surface area contributed by atoms with Crippen LogP contribution in [0, 0.1) is 12.7 Å². The summed E-state index contributed by atoms with van der Waals surface area (Å²) >= 11 is 4.76. The maximum Gasteiger partial charge on any atom is 0.254 e. The molecule has 118 valence electrons. The molecule has 0 spiro atoms. The van der Waals surface area contributed by atoms with Crippen molar-refractivity contribution in [1.82, 2.24) is 10.3 Å². The number of carbonyl (C=O) groups is 1. The molecule has 0 bridgehead atoms. The van der Waals surface area contributed by atoms with E-state index in [0.717, 1.165) is 10.7 Å². The molecule has 0 saturated heterocycles. The molecular formula is C16H12BrFN2O2S. The lowest BCUT2D eigenvalue weighted by Crippen LogP contribution is -2.23. The SMILES string of the molecule is Cc1nc(-c2ccc(CNC(=O)c3cc(Br)ccc3F)o2)cs1. The molecule has 3 aromatic rings. The second-order valence-electron chi connectivity index (χ2n) is 4.82. The fourth-order valence-corrected chi connectivity index (χ4v) is 2.98. The summed E-state index contributed by atoms with van der Waals surface area (Å²) in [6.45, 7) is 2.10. The van der Waals surface area contributed by atoms with E-state index in [0.29, 0.717) is 16.0 Å². The van der Waals surface area contributed by atoms with Crippen molar-refractivity contribution < 1.29 is 13.6 Å². The van der Waals surface area contributed by atoms with Gasteiger partial charge in [-0.25, -0.2) is 9.37 Å². The highest BCUT2D eigenvalue weighted by molar-refractivity contribution is 9.10. The van der Waals surface area contributed by atoms with Crippen LogP contribution in [-0.4, -0.2) is 10.9 Å². The van der Waals surface area contributed by atoms with Crippen LogP contribution in [0.4, 0.5) is 4.39 Å². The number of aryl methyl sites for hydroxylation is 1. The minimum atomic E-state index is -0.566. The Labute approximate surface area is 144 Å². The topological polar surface area (TPSA) is 55.1 Å². The minimum absolute atomic E-state index is 0.0127. The highest BCUT2D eigenvalue weighted by Gasteiger charge is 2.13. The number of hydrogen-bond acceptors (Lipinski definition) is 4. The van der Waals surface area contributed by atoms with Crippen molar-refractivity contribution >= 4 is 33.2 Å². The van der Waals surface area contributed by atoms with Crippen LogP contribution >= 0.6 is 27.3 Å². The number of furan rings is 1. The monoisotopic (exact) mass is 394 g/mol. The largest absolute Gasteiger partial charge is 0.458 e. The number of halogens is 2. The predicted octanol–water partition coefficient (Wildman–Crippen LogP) is 4.54. The smallest absolute Gasteiger partial charge is 0.254 e. The van der Waals surface area contributed by atoms with Crippen LogP contribution in [0.5, 0.6) is 0 Å². The highest BCUT2D eigenvalue weighted by Crippen LogP contribution is 2.23. The molecule has 0 aliphatic heterocycles. The first-order valence-electron chi connectivity index (χ1n) is 6.77. The standard InChI is InChI=1S/C16H12BrFN2O2S/c1-9-20-14(8-23-9)15-5-3-11(22-15)7-19-16(21)12-6-10(17)2-4-13(12)18/h2-6,8H,7H2,1H3,(H,19,21). The fraction of sp³-hybridized carbons (Fsp3) is 0.125. The molecule has 0 unspecified atom stereocenters. The lowest BCUT2D eigenvalue weighted by molar-refractivity contribution is 0.0944. The van der Waals surface area contributed by atoms with Gasteiger partial charge in [-0.05, 0) is 37.3 Å². The molecule has 7 heteroatoms. The van der Waals surface area contributed by atoms with Gasteiger partial charge in [0.25, 0.3) is 5.91 Å². The van der Waals surface area contributed by atoms with Crippen molar-refractivity contribution in [3.8, 4) is 11.5 Å². The number of thiazole rings is 1. The zero-order valence-electron chi connectivity index (χ0n) is 12.1. The van der Waals surface area contributed by atoms with Crippen LogP contribution in [0.1, 0.15) is 21.1 Å². The van der Waals surface area contributed by atoms with Crippen LogP contribution < -0.4 is 5.32 Å². The Hall–Kier alpha value is -1.99. The lowest BCUT2D eigenvalue weighted by atomic mass is 10.2. The molecule has 0 fully saturated rings. The first-order chi connectivity index (χ1) is 11.0. The molecule has 1 N–H and O–H groups in total. The van der Waals surface area contributed by atoms with Crippen LogP contribution in [0.3, 0.4) is 0 Å². The van der Waals surface area contributed by atoms with Gasteiger partial charge in [0, 0.05) is 9.85 Å². The first-order valence-corrected chi connectivity index (χ1v) is 8.44. The van der Waals surface area contributed by atoms with E-state index < -0.39 is 11.7 Å². The summed E-state index contributed by atoms with van der Waals surface area (Å²) in [6, 6.07) is 7.79. The molecule has 0 radical (unpaired) electrons. The predicted molar refractivity (Wildman–Crippen MR) is 89.8 cm³/mol. The Bertz CT molecular complexity index is 859. The van der Waals surface area contributed by atoms with Crippen LogP contribution in [0.2, 0.25) is 0 Å². The van der Waals surface area contributed by atoms with Crippen LogP contribution in [0.25, 0.3) is 11.5 Å². The van der Waals surface area contributed by atoms with Crippen molar-refractivity contribution in [2.75, 3.05) is 0 Å². The van der Waals surface area contributed by atoms with Crippen molar-refractivity contribution in [1.29, 1.82) is 0 Å². The van der Waals surface area contributed by atoms with Gasteiger partial charge in [0.05, 0.1) is 17.1 Å². The summed E-state index contributed by atoms with van der Waals surface area (Å²) in [7, 11) is 0. The average Bonchev–Trinajstić information content (AvgIpc) is 3.16. The van der Waals surface area contributed by atoms with Crippen molar-refractivity contribution in [2.24, 2.45) is 0 Å². The summed E-state index contributed by atoms with van der Waals surface area (Å²) in [5.74, 6) is 0.164. The molecule has 23 heavy (non-hydrogen) atoms. The van der Waals surface area contributed by atoms with Gasteiger partial charge in [-0.1, -0.05) is 15.9 Å². The number of carbonyl (C=O) groups excluding carboxylic acids is 1. The van der Waals surface area contributed by atoms with Gasteiger partial charge in [0.2, 0.25) is 0 Å². The number of rotatable bonds is 4. The van der Waals surface area contributed by atoms with Crippen molar-refractivity contribution in [3.05, 3.63) is 62.3 Å². The molecule has 1 amide bonds. The number of amides is 1. The van der Waals surface area contributed by atoms with E-state index in [1.165, 1.54) is 23.5 Å². The molecule has 0 saturated carbocycles. The third-order valence-corrected chi connectivity index (χ3v) is 4.40. The van der Waals surface area contributed by atoms with E-state index in [4.69, 9.17) is 4.42 Å². The zero-order valence-corrected chi connectivity index (χ0v) is 14.5. The Morgan fingerprint density at radius 3 is 2.96 bits per heavy atom. The number of hydrogen-bond donors (Lipinski definition) is 1. The summed E-state index contributed by atoms with van der Waals surface area (Å²) < 4.78 is 20.0. The molecule has 2 heterocycles. The highest BCUT2D eigenvalue weighted by atomic mass is 79.9. The van der Waals surface area contributed by atoms with Gasteiger partial charge in [-0.15, -0.1) is 11.3 Å². The Kier molecular flexibility index (Phi) is 4.58. The summed E-state index contributed by atoms with van der Waals surface area (Å²) in [4.78, 5) is 16.4. The second-order valence-corrected chi connectivity index (χ2v) is 6.80. The zero-order chi connectivity index (χ0) is 16.4. The maximum absolute atomic E-state index is 13.7. The van der Waals surface area contributed by atoms with Gasteiger partial charge in [-0.3, -0.25) is 4.79 Å². The Morgan fingerprint density at radius 2 is 2.22 bits per heavy atom. The number of benzene rings is 1. The first kappa shape index (κ1) is 15.9. The summed E-state index contributed by atoms with van der Waals surface area (Å²) in [5.41, 5.74) is 0.754. The summed E-state index contributed by atoms with van der Waals surface area (Å²) in [6.07, 6.45) is 0.